The summed E-state index contributed by atoms with van der Waals surface area (Å²) in [5.74, 6) is 1.45. The monoisotopic (exact) mass is 393 g/mol. The van der Waals surface area contributed by atoms with Gasteiger partial charge in [-0.3, -0.25) is 10.0 Å². The molecule has 1 fully saturated rings. The highest BCUT2D eigenvalue weighted by molar-refractivity contribution is 5.88. The van der Waals surface area contributed by atoms with Crippen LogP contribution >= 0.6 is 0 Å². The van der Waals surface area contributed by atoms with Crippen LogP contribution in [0.5, 0.6) is 17.4 Å². The largest absolute Gasteiger partial charge is 0.481 e. The van der Waals surface area contributed by atoms with E-state index in [2.05, 4.69) is 9.97 Å². The lowest BCUT2D eigenvalue weighted by Gasteiger charge is -2.28. The summed E-state index contributed by atoms with van der Waals surface area (Å²) in [6.07, 6.45) is 5.02. The van der Waals surface area contributed by atoms with Gasteiger partial charge in [-0.2, -0.15) is 4.98 Å². The fourth-order valence-corrected chi connectivity index (χ4v) is 4.26. The number of hydrogen-bond donors (Lipinski definition) is 2. The van der Waals surface area contributed by atoms with Crippen molar-refractivity contribution >= 4 is 16.9 Å². The molecular formula is C22H23N3O4. The maximum atomic E-state index is 12.4. The van der Waals surface area contributed by atoms with Crippen molar-refractivity contribution in [2.45, 2.75) is 38.0 Å². The number of amides is 1. The number of ether oxygens (including phenoxy) is 2. The highest BCUT2D eigenvalue weighted by atomic mass is 16.5. The van der Waals surface area contributed by atoms with Crippen molar-refractivity contribution in [2.24, 2.45) is 0 Å². The van der Waals surface area contributed by atoms with Gasteiger partial charge in [0, 0.05) is 12.3 Å². The van der Waals surface area contributed by atoms with E-state index in [1.165, 1.54) is 0 Å². The van der Waals surface area contributed by atoms with E-state index in [4.69, 9.17) is 9.47 Å². The Kier molecular flexibility index (Phi) is 5.07. The Morgan fingerprint density at radius 2 is 1.97 bits per heavy atom. The minimum atomic E-state index is -0.679. The highest BCUT2D eigenvalue weighted by Crippen LogP contribution is 2.43. The number of methoxy groups -OCH3 is 1. The summed E-state index contributed by atoms with van der Waals surface area (Å²) in [7, 11) is 1.56. The van der Waals surface area contributed by atoms with E-state index in [1.807, 2.05) is 36.7 Å². The zero-order valence-electron chi connectivity index (χ0n) is 16.4. The van der Waals surface area contributed by atoms with E-state index in [9.17, 15) is 10.0 Å². The number of rotatable bonds is 5. The summed E-state index contributed by atoms with van der Waals surface area (Å²) >= 11 is 0. The predicted molar refractivity (Wildman–Crippen MR) is 107 cm³/mol. The van der Waals surface area contributed by atoms with Crippen LogP contribution in [0.25, 0.3) is 11.0 Å². The van der Waals surface area contributed by atoms with Gasteiger partial charge in [0.15, 0.2) is 5.65 Å². The summed E-state index contributed by atoms with van der Waals surface area (Å²) in [5.41, 5.74) is 3.61. The molecule has 0 bridgehead atoms. The molecule has 0 radical (unpaired) electrons. The summed E-state index contributed by atoms with van der Waals surface area (Å²) in [5, 5.41) is 10.0. The third-order valence-corrected chi connectivity index (χ3v) is 5.68. The van der Waals surface area contributed by atoms with Crippen molar-refractivity contribution in [1.82, 2.24) is 15.4 Å². The molecule has 1 amide bonds. The van der Waals surface area contributed by atoms with Gasteiger partial charge in [-0.1, -0.05) is 18.9 Å². The normalized spacial score (nSPS) is 15.3. The molecule has 0 atom stereocenters. The molecule has 0 saturated heterocycles. The molecule has 7 nitrogen and oxygen atoms in total. The molecule has 2 heterocycles. The molecule has 0 unspecified atom stereocenters. The van der Waals surface area contributed by atoms with Crippen molar-refractivity contribution in [1.29, 1.82) is 0 Å². The van der Waals surface area contributed by atoms with E-state index < -0.39 is 5.41 Å². The number of pyridine rings is 2. The Balaban J connectivity index is 1.67. The SMILES string of the molecule is COc1ccc2c(Oc3ccc(C4(C(=O)NO)CCCC4)c(C)c3)ccnc2n1. The Bertz CT molecular complexity index is 1060. The van der Waals surface area contributed by atoms with Crippen LogP contribution < -0.4 is 15.0 Å². The maximum Gasteiger partial charge on any atom is 0.253 e. The van der Waals surface area contributed by atoms with Gasteiger partial charge < -0.3 is 9.47 Å². The van der Waals surface area contributed by atoms with Crippen LogP contribution in [0.3, 0.4) is 0 Å². The fourth-order valence-electron chi connectivity index (χ4n) is 4.26. The zero-order chi connectivity index (χ0) is 20.4. The van der Waals surface area contributed by atoms with Crippen LogP contribution in [0.2, 0.25) is 0 Å². The van der Waals surface area contributed by atoms with Crippen molar-refractivity contribution in [3.8, 4) is 17.4 Å². The lowest BCUT2D eigenvalue weighted by atomic mass is 9.76. The van der Waals surface area contributed by atoms with Gasteiger partial charge in [-0.05, 0) is 55.2 Å². The number of carbonyl (C=O) groups is 1. The smallest absolute Gasteiger partial charge is 0.253 e. The first kappa shape index (κ1) is 19.1. The van der Waals surface area contributed by atoms with Crippen LogP contribution in [0, 0.1) is 6.92 Å². The Hall–Kier alpha value is -3.19. The van der Waals surface area contributed by atoms with E-state index in [-0.39, 0.29) is 5.91 Å². The highest BCUT2D eigenvalue weighted by Gasteiger charge is 2.43. The van der Waals surface area contributed by atoms with Gasteiger partial charge in [0.05, 0.1) is 17.9 Å². The lowest BCUT2D eigenvalue weighted by Crippen LogP contribution is -2.41. The fraction of sp³-hybridized carbons (Fsp3) is 0.318. The summed E-state index contributed by atoms with van der Waals surface area (Å²) < 4.78 is 11.3. The summed E-state index contributed by atoms with van der Waals surface area (Å²) in [6, 6.07) is 11.1. The van der Waals surface area contributed by atoms with Crippen molar-refractivity contribution in [3.63, 3.8) is 0 Å². The molecule has 150 valence electrons. The molecular weight excluding hydrogens is 370 g/mol. The summed E-state index contributed by atoms with van der Waals surface area (Å²) in [6.45, 7) is 1.96. The molecule has 1 saturated carbocycles. The van der Waals surface area contributed by atoms with Gasteiger partial charge in [0.2, 0.25) is 5.88 Å². The molecule has 1 aliphatic rings. The average molecular weight is 393 g/mol. The minimum absolute atomic E-state index is 0.341. The maximum absolute atomic E-state index is 12.4. The second kappa shape index (κ2) is 7.67. The number of carbonyl (C=O) groups excluding carboxylic acids is 1. The molecule has 0 spiro atoms. The molecule has 7 heteroatoms. The first-order chi connectivity index (χ1) is 14.1. The van der Waals surface area contributed by atoms with E-state index in [0.29, 0.717) is 23.0 Å². The Labute approximate surface area is 168 Å². The number of aryl methyl sites for hydroxylation is 1. The number of nitrogens with zero attached hydrogens (tertiary/aromatic N) is 2. The van der Waals surface area contributed by atoms with Gasteiger partial charge in [0.25, 0.3) is 5.91 Å². The number of aromatic nitrogens is 2. The molecule has 2 aromatic heterocycles. The average Bonchev–Trinajstić information content (AvgIpc) is 3.24. The number of hydroxylamine groups is 1. The molecule has 0 aliphatic heterocycles. The van der Waals surface area contributed by atoms with E-state index in [0.717, 1.165) is 42.2 Å². The van der Waals surface area contributed by atoms with Crippen LogP contribution in [-0.4, -0.2) is 28.2 Å². The molecule has 2 N–H and O–H groups in total. The second-order valence-electron chi connectivity index (χ2n) is 7.34. The van der Waals surface area contributed by atoms with Crippen molar-refractivity contribution in [2.75, 3.05) is 7.11 Å². The molecule has 4 rings (SSSR count). The van der Waals surface area contributed by atoms with E-state index >= 15 is 0 Å². The number of nitrogens with one attached hydrogen (secondary N) is 1. The van der Waals surface area contributed by atoms with Crippen LogP contribution in [-0.2, 0) is 10.2 Å². The van der Waals surface area contributed by atoms with E-state index in [1.54, 1.807) is 25.4 Å². The molecule has 1 aromatic carbocycles. The summed E-state index contributed by atoms with van der Waals surface area (Å²) in [4.78, 5) is 21.1. The Morgan fingerprint density at radius 3 is 2.66 bits per heavy atom. The number of fused-ring (bicyclic) bond motifs is 1. The minimum Gasteiger partial charge on any atom is -0.481 e. The van der Waals surface area contributed by atoms with Gasteiger partial charge in [0.1, 0.15) is 11.5 Å². The van der Waals surface area contributed by atoms with Gasteiger partial charge in [-0.15, -0.1) is 0 Å². The Morgan fingerprint density at radius 1 is 1.17 bits per heavy atom. The third-order valence-electron chi connectivity index (χ3n) is 5.68. The predicted octanol–water partition coefficient (Wildman–Crippen LogP) is 4.06. The standard InChI is InChI=1S/C22H23N3O4/c1-14-13-15(5-7-17(14)22(21(26)25-27)10-3-4-11-22)29-18-9-12-23-20-16(18)6-8-19(24-20)28-2/h5-9,12-13,27H,3-4,10-11H2,1-2H3,(H,25,26). The van der Waals surface area contributed by atoms with Crippen molar-refractivity contribution < 1.29 is 19.5 Å². The second-order valence-corrected chi connectivity index (χ2v) is 7.34. The quantitative estimate of drug-likeness (QED) is 0.502. The molecule has 29 heavy (non-hydrogen) atoms. The van der Waals surface area contributed by atoms with Gasteiger partial charge in [-0.25, -0.2) is 10.5 Å². The third kappa shape index (κ3) is 3.38. The first-order valence-corrected chi connectivity index (χ1v) is 9.61. The van der Waals surface area contributed by atoms with Crippen molar-refractivity contribution in [3.05, 3.63) is 53.7 Å². The van der Waals surface area contributed by atoms with Gasteiger partial charge >= 0.3 is 0 Å². The zero-order valence-corrected chi connectivity index (χ0v) is 16.4. The van der Waals surface area contributed by atoms with Crippen LogP contribution in [0.15, 0.2) is 42.6 Å². The topological polar surface area (TPSA) is 93.6 Å². The number of benzene rings is 1. The molecule has 1 aliphatic carbocycles. The van der Waals surface area contributed by atoms with Crippen LogP contribution in [0.4, 0.5) is 0 Å². The molecule has 3 aromatic rings. The first-order valence-electron chi connectivity index (χ1n) is 9.61. The van der Waals surface area contributed by atoms with Crippen LogP contribution in [0.1, 0.15) is 36.8 Å². The number of hydrogen-bond acceptors (Lipinski definition) is 6. The lowest BCUT2D eigenvalue weighted by molar-refractivity contribution is -0.135.